The number of amides is 2. The normalized spacial score (nSPS) is 10.6. The molecule has 0 radical (unpaired) electrons. The zero-order chi connectivity index (χ0) is 18.6. The van der Waals surface area contributed by atoms with Gasteiger partial charge in [-0.2, -0.15) is 0 Å². The molecule has 0 aromatic heterocycles. The highest BCUT2D eigenvalue weighted by Crippen LogP contribution is 1.85. The molecule has 0 aliphatic heterocycles. The highest BCUT2D eigenvalue weighted by molar-refractivity contribution is 5.78. The zero-order valence-electron chi connectivity index (χ0n) is 15.5. The second kappa shape index (κ2) is 19.1. The molecule has 0 spiro atoms. The summed E-state index contributed by atoms with van der Waals surface area (Å²) in [6.45, 7) is 5.20. The smallest absolute Gasteiger partial charge is 0.233 e. The average Bonchev–Trinajstić information content (AvgIpc) is 2.58. The zero-order valence-corrected chi connectivity index (χ0v) is 15.5. The van der Waals surface area contributed by atoms with Crippen molar-refractivity contribution in [1.29, 1.82) is 0 Å². The third kappa shape index (κ3) is 18.9. The standard InChI is InChI=1S/C16H34N4O5/c1-17-13-15(21)19-5-3-7-23-9-11-25-12-10-24-8-4-6-20-16(22)14-18-2/h17-18H,3-14H2,1-2H3,(H,19,21)(H,20,22). The van der Waals surface area contributed by atoms with Gasteiger partial charge in [-0.05, 0) is 26.9 Å². The molecule has 0 fully saturated rings. The lowest BCUT2D eigenvalue weighted by Gasteiger charge is -2.08. The Labute approximate surface area is 150 Å². The van der Waals surface area contributed by atoms with E-state index in [2.05, 4.69) is 21.3 Å². The third-order valence-corrected chi connectivity index (χ3v) is 2.99. The first kappa shape index (κ1) is 23.7. The van der Waals surface area contributed by atoms with Crippen molar-refractivity contribution in [2.45, 2.75) is 12.8 Å². The lowest BCUT2D eigenvalue weighted by molar-refractivity contribution is -0.121. The molecule has 0 heterocycles. The van der Waals surface area contributed by atoms with Gasteiger partial charge in [-0.15, -0.1) is 0 Å². The van der Waals surface area contributed by atoms with Crippen LogP contribution in [0, 0.1) is 0 Å². The fourth-order valence-corrected chi connectivity index (χ4v) is 1.79. The topological polar surface area (TPSA) is 110 Å². The number of ether oxygens (including phenoxy) is 3. The predicted octanol–water partition coefficient (Wildman–Crippen LogP) is -1.51. The summed E-state index contributed by atoms with van der Waals surface area (Å²) >= 11 is 0. The molecule has 0 saturated heterocycles. The van der Waals surface area contributed by atoms with Gasteiger partial charge in [-0.1, -0.05) is 0 Å². The first-order valence-electron chi connectivity index (χ1n) is 8.76. The van der Waals surface area contributed by atoms with Gasteiger partial charge in [0.1, 0.15) is 0 Å². The van der Waals surface area contributed by atoms with E-state index >= 15 is 0 Å². The number of nitrogens with one attached hydrogen (secondary N) is 4. The Hall–Kier alpha value is -1.26. The average molecular weight is 362 g/mol. The fraction of sp³-hybridized carbons (Fsp3) is 0.875. The summed E-state index contributed by atoms with van der Waals surface area (Å²) in [5.74, 6) is -0.0163. The van der Waals surface area contributed by atoms with Gasteiger partial charge in [-0.25, -0.2) is 0 Å². The molecular weight excluding hydrogens is 328 g/mol. The monoisotopic (exact) mass is 362 g/mol. The Morgan fingerprint density at radius 2 is 1.00 bits per heavy atom. The van der Waals surface area contributed by atoms with Gasteiger partial charge in [0.15, 0.2) is 0 Å². The van der Waals surface area contributed by atoms with Crippen molar-refractivity contribution in [2.75, 3.05) is 79.9 Å². The molecule has 0 bridgehead atoms. The number of rotatable bonds is 18. The maximum atomic E-state index is 11.2. The molecule has 0 saturated carbocycles. The Morgan fingerprint density at radius 1 is 0.640 bits per heavy atom. The lowest BCUT2D eigenvalue weighted by Crippen LogP contribution is -2.33. The van der Waals surface area contributed by atoms with Gasteiger partial charge in [0, 0.05) is 26.3 Å². The molecule has 9 heteroatoms. The van der Waals surface area contributed by atoms with E-state index in [0.29, 0.717) is 65.8 Å². The molecule has 0 atom stereocenters. The van der Waals surface area contributed by atoms with Gasteiger partial charge in [-0.3, -0.25) is 9.59 Å². The van der Waals surface area contributed by atoms with E-state index < -0.39 is 0 Å². The summed E-state index contributed by atoms with van der Waals surface area (Å²) in [5, 5.41) is 11.1. The van der Waals surface area contributed by atoms with Gasteiger partial charge in [0.2, 0.25) is 11.8 Å². The lowest BCUT2D eigenvalue weighted by atomic mass is 10.4. The molecule has 0 aromatic carbocycles. The molecule has 25 heavy (non-hydrogen) atoms. The molecular formula is C16H34N4O5. The van der Waals surface area contributed by atoms with Crippen LogP contribution < -0.4 is 21.3 Å². The summed E-state index contributed by atoms with van der Waals surface area (Å²) in [7, 11) is 3.47. The van der Waals surface area contributed by atoms with Crippen molar-refractivity contribution in [3.05, 3.63) is 0 Å². The number of hydrogen-bond donors (Lipinski definition) is 4. The van der Waals surface area contributed by atoms with E-state index in [1.165, 1.54) is 0 Å². The van der Waals surface area contributed by atoms with Gasteiger partial charge >= 0.3 is 0 Å². The second-order valence-corrected chi connectivity index (χ2v) is 5.30. The summed E-state index contributed by atoms with van der Waals surface area (Å²) in [5.41, 5.74) is 0. The van der Waals surface area contributed by atoms with Crippen LogP contribution in [0.2, 0.25) is 0 Å². The molecule has 0 unspecified atom stereocenters. The molecule has 0 rings (SSSR count). The highest BCUT2D eigenvalue weighted by atomic mass is 16.5. The third-order valence-electron chi connectivity index (χ3n) is 2.99. The van der Waals surface area contributed by atoms with E-state index in [1.54, 1.807) is 14.1 Å². The maximum Gasteiger partial charge on any atom is 0.233 e. The van der Waals surface area contributed by atoms with Crippen molar-refractivity contribution < 1.29 is 23.8 Å². The predicted molar refractivity (Wildman–Crippen MR) is 95.6 cm³/mol. The van der Waals surface area contributed by atoms with Crippen LogP contribution in [-0.2, 0) is 23.8 Å². The first-order chi connectivity index (χ1) is 12.2. The van der Waals surface area contributed by atoms with Gasteiger partial charge in [0.25, 0.3) is 0 Å². The molecule has 0 aliphatic rings. The SMILES string of the molecule is CNCC(=O)NCCCOCCOCCOCCCNC(=O)CNC. The van der Waals surface area contributed by atoms with Crippen LogP contribution in [0.15, 0.2) is 0 Å². The van der Waals surface area contributed by atoms with E-state index in [9.17, 15) is 9.59 Å². The van der Waals surface area contributed by atoms with Crippen molar-refractivity contribution in [3.63, 3.8) is 0 Å². The van der Waals surface area contributed by atoms with E-state index in [0.717, 1.165) is 12.8 Å². The van der Waals surface area contributed by atoms with Crippen LogP contribution in [0.25, 0.3) is 0 Å². The molecule has 0 aromatic rings. The largest absolute Gasteiger partial charge is 0.379 e. The Morgan fingerprint density at radius 3 is 1.36 bits per heavy atom. The summed E-state index contributed by atoms with van der Waals surface area (Å²) in [6, 6.07) is 0. The van der Waals surface area contributed by atoms with Crippen LogP contribution in [0.1, 0.15) is 12.8 Å². The minimum absolute atomic E-state index is 0.00817. The molecule has 4 N–H and O–H groups in total. The van der Waals surface area contributed by atoms with Crippen molar-refractivity contribution in [2.24, 2.45) is 0 Å². The quantitative estimate of drug-likeness (QED) is 0.219. The minimum atomic E-state index is -0.00817. The Bertz CT molecular complexity index is 302. The molecule has 148 valence electrons. The van der Waals surface area contributed by atoms with Gasteiger partial charge in [0.05, 0.1) is 39.5 Å². The summed E-state index contributed by atoms with van der Waals surface area (Å²) in [6.07, 6.45) is 1.56. The van der Waals surface area contributed by atoms with Crippen molar-refractivity contribution >= 4 is 11.8 Å². The highest BCUT2D eigenvalue weighted by Gasteiger charge is 1.98. The van der Waals surface area contributed by atoms with E-state index in [1.807, 2.05) is 0 Å². The Balaban J connectivity index is 3.09. The molecule has 0 aliphatic carbocycles. The number of carbonyl (C=O) groups is 2. The van der Waals surface area contributed by atoms with Crippen molar-refractivity contribution in [3.8, 4) is 0 Å². The van der Waals surface area contributed by atoms with Crippen LogP contribution >= 0.6 is 0 Å². The van der Waals surface area contributed by atoms with E-state index in [4.69, 9.17) is 14.2 Å². The number of likely N-dealkylation sites (N-methyl/N-ethyl adjacent to an activating group) is 2. The van der Waals surface area contributed by atoms with Crippen LogP contribution in [0.5, 0.6) is 0 Å². The second-order valence-electron chi connectivity index (χ2n) is 5.30. The van der Waals surface area contributed by atoms with E-state index in [-0.39, 0.29) is 11.8 Å². The molecule has 2 amide bonds. The molecule has 9 nitrogen and oxygen atoms in total. The van der Waals surface area contributed by atoms with Crippen LogP contribution in [-0.4, -0.2) is 91.7 Å². The van der Waals surface area contributed by atoms with Crippen molar-refractivity contribution in [1.82, 2.24) is 21.3 Å². The number of carbonyl (C=O) groups excluding carboxylic acids is 2. The minimum Gasteiger partial charge on any atom is -0.379 e. The summed E-state index contributed by atoms with van der Waals surface area (Å²) < 4.78 is 16.2. The fourth-order valence-electron chi connectivity index (χ4n) is 1.79. The Kier molecular flexibility index (Phi) is 18.1. The number of hydrogen-bond acceptors (Lipinski definition) is 7. The first-order valence-corrected chi connectivity index (χ1v) is 8.76. The van der Waals surface area contributed by atoms with Crippen LogP contribution in [0.3, 0.4) is 0 Å². The maximum absolute atomic E-state index is 11.2. The van der Waals surface area contributed by atoms with Crippen LogP contribution in [0.4, 0.5) is 0 Å². The summed E-state index contributed by atoms with van der Waals surface area (Å²) in [4.78, 5) is 22.3. The van der Waals surface area contributed by atoms with Gasteiger partial charge < -0.3 is 35.5 Å².